The van der Waals surface area contributed by atoms with Crippen LogP contribution in [0.25, 0.3) is 11.6 Å². The molecule has 148 valence electrons. The van der Waals surface area contributed by atoms with Gasteiger partial charge in [0.15, 0.2) is 5.17 Å². The summed E-state index contributed by atoms with van der Waals surface area (Å²) in [6.07, 6.45) is 3.77. The number of nitrogens with zero attached hydrogens (tertiary/aromatic N) is 2. The van der Waals surface area contributed by atoms with Gasteiger partial charge in [-0.2, -0.15) is 0 Å². The molecule has 6 heteroatoms. The zero-order valence-electron chi connectivity index (χ0n) is 16.8. The van der Waals surface area contributed by atoms with E-state index >= 15 is 0 Å². The Bertz CT molecular complexity index is 1090. The van der Waals surface area contributed by atoms with Crippen molar-refractivity contribution in [3.05, 3.63) is 70.4 Å². The van der Waals surface area contributed by atoms with Crippen LogP contribution in [-0.2, 0) is 4.79 Å². The number of anilines is 1. The number of allylic oxidation sites excluding steroid dienone is 1. The molecule has 4 nitrogen and oxygen atoms in total. The predicted molar refractivity (Wildman–Crippen MR) is 120 cm³/mol. The van der Waals surface area contributed by atoms with E-state index in [1.54, 1.807) is 12.1 Å². The lowest BCUT2D eigenvalue weighted by atomic mass is 9.88. The lowest BCUT2D eigenvalue weighted by Gasteiger charge is -2.40. The first-order valence-corrected chi connectivity index (χ1v) is 10.2. The predicted octanol–water partition coefficient (Wildman–Crippen LogP) is 5.35. The molecule has 0 spiro atoms. The summed E-state index contributed by atoms with van der Waals surface area (Å²) >= 11 is 1.21. The van der Waals surface area contributed by atoms with Crippen molar-refractivity contribution in [3.63, 3.8) is 0 Å². The Hall–Kier alpha value is -2.86. The average molecular weight is 408 g/mol. The molecular formula is C23H22FN3OS. The van der Waals surface area contributed by atoms with Crippen LogP contribution >= 0.6 is 11.8 Å². The number of halogens is 1. The van der Waals surface area contributed by atoms with Gasteiger partial charge in [-0.1, -0.05) is 24.3 Å². The highest BCUT2D eigenvalue weighted by atomic mass is 32.2. The Labute approximate surface area is 174 Å². The molecule has 2 aliphatic heterocycles. The summed E-state index contributed by atoms with van der Waals surface area (Å²) < 4.78 is 14.9. The van der Waals surface area contributed by atoms with Crippen LogP contribution in [0, 0.1) is 5.82 Å². The highest BCUT2D eigenvalue weighted by Gasteiger charge is 2.30. The van der Waals surface area contributed by atoms with Crippen molar-refractivity contribution in [1.29, 1.82) is 0 Å². The number of thioether (sulfide) groups is 1. The molecule has 2 heterocycles. The van der Waals surface area contributed by atoms with Crippen LogP contribution in [0.3, 0.4) is 0 Å². The lowest BCUT2D eigenvalue weighted by molar-refractivity contribution is -0.115. The Balaban J connectivity index is 1.68. The third kappa shape index (κ3) is 3.72. The van der Waals surface area contributed by atoms with Gasteiger partial charge in [0, 0.05) is 23.9 Å². The maximum absolute atomic E-state index is 14.9. The van der Waals surface area contributed by atoms with Gasteiger partial charge in [0.2, 0.25) is 0 Å². The van der Waals surface area contributed by atoms with Crippen LogP contribution in [0.15, 0.2) is 58.4 Å². The van der Waals surface area contributed by atoms with E-state index in [1.165, 1.54) is 11.8 Å². The molecule has 2 aromatic rings. The monoisotopic (exact) mass is 407 g/mol. The van der Waals surface area contributed by atoms with Crippen molar-refractivity contribution < 1.29 is 9.18 Å². The number of amidine groups is 1. The van der Waals surface area contributed by atoms with Crippen LogP contribution < -0.4 is 10.2 Å². The second-order valence-corrected chi connectivity index (χ2v) is 8.78. The number of para-hydroxylation sites is 1. The highest BCUT2D eigenvalue weighted by molar-refractivity contribution is 8.18. The summed E-state index contributed by atoms with van der Waals surface area (Å²) in [5, 5.41) is 3.23. The fourth-order valence-electron chi connectivity index (χ4n) is 3.54. The average Bonchev–Trinajstić information content (AvgIpc) is 3.00. The molecule has 1 N–H and O–H groups in total. The van der Waals surface area contributed by atoms with E-state index in [0.29, 0.717) is 15.6 Å². The number of hydrogen-bond donors (Lipinski definition) is 1. The molecule has 1 fully saturated rings. The lowest BCUT2D eigenvalue weighted by Crippen LogP contribution is -2.42. The van der Waals surface area contributed by atoms with Gasteiger partial charge in [0.05, 0.1) is 16.1 Å². The van der Waals surface area contributed by atoms with Crippen molar-refractivity contribution in [2.75, 3.05) is 11.9 Å². The van der Waals surface area contributed by atoms with E-state index in [-0.39, 0.29) is 17.3 Å². The largest absolute Gasteiger partial charge is 0.365 e. The van der Waals surface area contributed by atoms with Gasteiger partial charge in [-0.05, 0) is 68.4 Å². The van der Waals surface area contributed by atoms with Crippen molar-refractivity contribution in [2.24, 2.45) is 4.99 Å². The molecule has 0 saturated carbocycles. The molecule has 0 aromatic heterocycles. The van der Waals surface area contributed by atoms with E-state index in [9.17, 15) is 9.18 Å². The van der Waals surface area contributed by atoms with Gasteiger partial charge in [0.25, 0.3) is 5.91 Å². The van der Waals surface area contributed by atoms with E-state index in [4.69, 9.17) is 0 Å². The second-order valence-electron chi connectivity index (χ2n) is 7.75. The number of amides is 1. The normalized spacial score (nSPS) is 20.7. The molecule has 4 rings (SSSR count). The first kappa shape index (κ1) is 19.5. The SMILES string of the molecule is CC1=CC(C)(C)N(C)c2cc(F)c(/C=C3/SC(=Nc4ccccc4)NC3=O)cc21. The number of hydrogen-bond acceptors (Lipinski definition) is 4. The highest BCUT2D eigenvalue weighted by Crippen LogP contribution is 2.40. The second kappa shape index (κ2) is 7.19. The molecule has 0 bridgehead atoms. The number of rotatable bonds is 2. The number of carbonyl (C=O) groups excluding carboxylic acids is 1. The minimum atomic E-state index is -0.351. The number of benzene rings is 2. The Kier molecular flexibility index (Phi) is 4.82. The van der Waals surface area contributed by atoms with Crippen LogP contribution in [0.4, 0.5) is 15.8 Å². The van der Waals surface area contributed by atoms with Crippen molar-refractivity contribution in [2.45, 2.75) is 26.3 Å². The molecule has 2 aromatic carbocycles. The standard InChI is InChI=1S/C23H22FN3OS/c1-14-13-23(2,3)27(4)19-12-18(24)15(10-17(14)19)11-20-21(28)26-22(29-20)25-16-8-6-5-7-9-16/h5-13H,1-4H3,(H,25,26,28)/b20-11+. The fourth-order valence-corrected chi connectivity index (χ4v) is 4.37. The third-order valence-corrected chi connectivity index (χ3v) is 6.17. The summed E-state index contributed by atoms with van der Waals surface area (Å²) in [6.45, 7) is 6.23. The van der Waals surface area contributed by atoms with Gasteiger partial charge < -0.3 is 10.2 Å². The molecule has 0 atom stereocenters. The smallest absolute Gasteiger partial charge is 0.264 e. The van der Waals surface area contributed by atoms with Crippen molar-refractivity contribution in [1.82, 2.24) is 5.32 Å². The molecule has 1 saturated heterocycles. The summed E-state index contributed by atoms with van der Waals surface area (Å²) in [5.41, 5.74) is 3.88. The van der Waals surface area contributed by atoms with Crippen LogP contribution in [0.1, 0.15) is 31.9 Å². The van der Waals surface area contributed by atoms with Gasteiger partial charge >= 0.3 is 0 Å². The van der Waals surface area contributed by atoms with Gasteiger partial charge in [0.1, 0.15) is 5.82 Å². The fraction of sp³-hybridized carbons (Fsp3) is 0.217. The Morgan fingerprint density at radius 2 is 1.93 bits per heavy atom. The van der Waals surface area contributed by atoms with E-state index in [1.807, 2.05) is 50.4 Å². The van der Waals surface area contributed by atoms with Crippen molar-refractivity contribution in [3.8, 4) is 0 Å². The van der Waals surface area contributed by atoms with E-state index < -0.39 is 0 Å². The summed E-state index contributed by atoms with van der Waals surface area (Å²) in [5.74, 6) is -0.622. The number of nitrogens with one attached hydrogen (secondary N) is 1. The minimum Gasteiger partial charge on any atom is -0.365 e. The molecule has 0 radical (unpaired) electrons. The van der Waals surface area contributed by atoms with Crippen LogP contribution in [-0.4, -0.2) is 23.7 Å². The number of aliphatic imine (C=N–C) groups is 1. The zero-order chi connectivity index (χ0) is 20.8. The first-order valence-electron chi connectivity index (χ1n) is 9.36. The summed E-state index contributed by atoms with van der Waals surface area (Å²) in [4.78, 5) is 19.3. The molecule has 29 heavy (non-hydrogen) atoms. The number of fused-ring (bicyclic) bond motifs is 1. The van der Waals surface area contributed by atoms with Gasteiger partial charge in [-0.15, -0.1) is 0 Å². The molecular weight excluding hydrogens is 385 g/mol. The first-order chi connectivity index (χ1) is 13.7. The number of carbonyl (C=O) groups is 1. The Morgan fingerprint density at radius 3 is 2.66 bits per heavy atom. The minimum absolute atomic E-state index is 0.187. The topological polar surface area (TPSA) is 44.7 Å². The zero-order valence-corrected chi connectivity index (χ0v) is 17.6. The third-order valence-electron chi connectivity index (χ3n) is 5.26. The van der Waals surface area contributed by atoms with Gasteiger partial charge in [-0.25, -0.2) is 9.38 Å². The van der Waals surface area contributed by atoms with Crippen molar-refractivity contribution >= 4 is 45.9 Å². The van der Waals surface area contributed by atoms with E-state index in [0.717, 1.165) is 22.5 Å². The van der Waals surface area contributed by atoms with E-state index in [2.05, 4.69) is 35.1 Å². The number of likely N-dealkylation sites (N-methyl/N-ethyl adjacent to an activating group) is 1. The molecule has 1 amide bonds. The maximum atomic E-state index is 14.9. The van der Waals surface area contributed by atoms with Crippen LogP contribution in [0.5, 0.6) is 0 Å². The maximum Gasteiger partial charge on any atom is 0.264 e. The summed E-state index contributed by atoms with van der Waals surface area (Å²) in [7, 11) is 1.96. The van der Waals surface area contributed by atoms with Gasteiger partial charge in [-0.3, -0.25) is 4.79 Å². The molecule has 0 unspecified atom stereocenters. The quantitative estimate of drug-likeness (QED) is 0.683. The molecule has 0 aliphatic carbocycles. The van der Waals surface area contributed by atoms with Crippen LogP contribution in [0.2, 0.25) is 0 Å². The summed E-state index contributed by atoms with van der Waals surface area (Å²) in [6, 6.07) is 12.8. The molecule has 2 aliphatic rings. The Morgan fingerprint density at radius 1 is 1.21 bits per heavy atom.